The molecule has 1 heterocycles. The van der Waals surface area contributed by atoms with Gasteiger partial charge in [-0.2, -0.15) is 0 Å². The number of carbonyl (C=O) groups is 3. The third-order valence-corrected chi connectivity index (χ3v) is 2.47. The zero-order valence-corrected chi connectivity index (χ0v) is 15.3. The number of ether oxygens (including phenoxy) is 1. The number of nitrogens with one attached hydrogen (secondary N) is 1. The van der Waals surface area contributed by atoms with Crippen molar-refractivity contribution in [2.45, 2.75) is 46.1 Å². The van der Waals surface area contributed by atoms with E-state index in [-0.39, 0.29) is 23.3 Å². The highest BCUT2D eigenvalue weighted by molar-refractivity contribution is 5.87. The molecule has 0 aliphatic carbocycles. The lowest BCUT2D eigenvalue weighted by molar-refractivity contribution is -0.137. The second-order valence-corrected chi connectivity index (χ2v) is 5.77. The smallest absolute Gasteiger partial charge is 0.330 e. The van der Waals surface area contributed by atoms with Gasteiger partial charge < -0.3 is 15.0 Å². The Morgan fingerprint density at radius 1 is 1.25 bits per heavy atom. The van der Waals surface area contributed by atoms with Gasteiger partial charge >= 0.3 is 5.97 Å². The van der Waals surface area contributed by atoms with Crippen LogP contribution in [0.1, 0.15) is 40.5 Å². The van der Waals surface area contributed by atoms with Crippen LogP contribution in [0.2, 0.25) is 0 Å². The average Bonchev–Trinajstić information content (AvgIpc) is 2.92. The summed E-state index contributed by atoms with van der Waals surface area (Å²) in [5.74, 6) is -0.273. The largest absolute Gasteiger partial charge is 0.463 e. The van der Waals surface area contributed by atoms with Gasteiger partial charge in [-0.1, -0.05) is 19.7 Å². The maximum absolute atomic E-state index is 10.7. The van der Waals surface area contributed by atoms with E-state index in [4.69, 9.17) is 0 Å². The van der Waals surface area contributed by atoms with E-state index in [1.807, 2.05) is 20.8 Å². The zero-order chi connectivity index (χ0) is 19.2. The van der Waals surface area contributed by atoms with E-state index in [0.29, 0.717) is 13.0 Å². The van der Waals surface area contributed by atoms with E-state index in [0.717, 1.165) is 19.0 Å². The second kappa shape index (κ2) is 13.1. The van der Waals surface area contributed by atoms with Gasteiger partial charge in [0.25, 0.3) is 0 Å². The van der Waals surface area contributed by atoms with Crippen molar-refractivity contribution < 1.29 is 19.1 Å². The molecule has 1 N–H and O–H groups in total. The van der Waals surface area contributed by atoms with Crippen molar-refractivity contribution in [3.63, 3.8) is 0 Å². The maximum Gasteiger partial charge on any atom is 0.330 e. The maximum atomic E-state index is 10.7. The molecule has 6 nitrogen and oxygen atoms in total. The molecule has 1 fully saturated rings. The normalized spacial score (nSPS) is 12.7. The first-order valence-electron chi connectivity index (χ1n) is 7.77. The van der Waals surface area contributed by atoms with Crippen molar-refractivity contribution in [2.24, 2.45) is 0 Å². The minimum absolute atomic E-state index is 0.123. The van der Waals surface area contributed by atoms with Crippen LogP contribution in [0.25, 0.3) is 0 Å². The molecule has 0 atom stereocenters. The molecular formula is C18H30N2O4. The van der Waals surface area contributed by atoms with Crippen LogP contribution in [-0.2, 0) is 19.1 Å². The quantitative estimate of drug-likeness (QED) is 0.631. The summed E-state index contributed by atoms with van der Waals surface area (Å²) in [4.78, 5) is 33.0. The summed E-state index contributed by atoms with van der Waals surface area (Å²) in [7, 11) is 0. The molecule has 0 aromatic heterocycles. The molecule has 0 aromatic carbocycles. The van der Waals surface area contributed by atoms with E-state index >= 15 is 0 Å². The van der Waals surface area contributed by atoms with Gasteiger partial charge in [-0.25, -0.2) is 4.79 Å². The van der Waals surface area contributed by atoms with Crippen molar-refractivity contribution in [3.8, 4) is 0 Å². The Bertz CT molecular complexity index is 450. The summed E-state index contributed by atoms with van der Waals surface area (Å²) in [6.07, 6.45) is 5.70. The standard InChI is InChI=1S/C7H13NO.C6H9NO.C5H8O2/c1-5-6(9)8-7(2,3)4;1-2-7-5-3-4-6(7)8;1-3-5(6)7-4-2/h5H,1H2,2-4H3,(H,8,9);2H,1,3-5H2;3H,1,4H2,2H3. The third-order valence-electron chi connectivity index (χ3n) is 2.47. The van der Waals surface area contributed by atoms with Crippen LogP contribution in [0.5, 0.6) is 0 Å². The van der Waals surface area contributed by atoms with Crippen LogP contribution < -0.4 is 5.32 Å². The van der Waals surface area contributed by atoms with Crippen LogP contribution in [-0.4, -0.2) is 41.4 Å². The SMILES string of the molecule is C=CC(=O)NC(C)(C)C.C=CC(=O)OCC.C=CN1CCCC1=O. The van der Waals surface area contributed by atoms with Crippen molar-refractivity contribution in [3.05, 3.63) is 38.1 Å². The first-order chi connectivity index (χ1) is 11.1. The lowest BCUT2D eigenvalue weighted by Gasteiger charge is -2.18. The fraction of sp³-hybridized carbons (Fsp3) is 0.500. The minimum atomic E-state index is -0.359. The van der Waals surface area contributed by atoms with Crippen molar-refractivity contribution in [1.82, 2.24) is 10.2 Å². The number of likely N-dealkylation sites (tertiary alicyclic amines) is 1. The van der Waals surface area contributed by atoms with Crippen molar-refractivity contribution >= 4 is 17.8 Å². The summed E-state index contributed by atoms with van der Waals surface area (Å²) >= 11 is 0. The van der Waals surface area contributed by atoms with Gasteiger partial charge in [-0.05, 0) is 46.4 Å². The van der Waals surface area contributed by atoms with Gasteiger partial charge in [-0.3, -0.25) is 9.59 Å². The average molecular weight is 338 g/mol. The summed E-state index contributed by atoms with van der Waals surface area (Å²) < 4.78 is 4.43. The first kappa shape index (κ1) is 23.9. The van der Waals surface area contributed by atoms with E-state index in [1.54, 1.807) is 18.0 Å². The third kappa shape index (κ3) is 14.6. The Kier molecular flexibility index (Phi) is 13.0. The van der Waals surface area contributed by atoms with Crippen LogP contribution >= 0.6 is 0 Å². The Balaban J connectivity index is 0. The number of amides is 2. The summed E-state index contributed by atoms with van der Waals surface area (Å²) in [5.41, 5.74) is -0.148. The molecule has 2 amide bonds. The number of hydrogen-bond acceptors (Lipinski definition) is 4. The van der Waals surface area contributed by atoms with Crippen molar-refractivity contribution in [1.29, 1.82) is 0 Å². The second-order valence-electron chi connectivity index (χ2n) is 5.77. The first-order valence-corrected chi connectivity index (χ1v) is 7.77. The van der Waals surface area contributed by atoms with Crippen molar-refractivity contribution in [2.75, 3.05) is 13.2 Å². The molecule has 1 aliphatic rings. The number of rotatable bonds is 4. The molecule has 0 radical (unpaired) electrons. The molecule has 1 rings (SSSR count). The van der Waals surface area contributed by atoms with Crippen LogP contribution in [0.3, 0.4) is 0 Å². The van der Waals surface area contributed by atoms with Crippen LogP contribution in [0.15, 0.2) is 38.1 Å². The molecule has 136 valence electrons. The molecular weight excluding hydrogens is 308 g/mol. The highest BCUT2D eigenvalue weighted by Crippen LogP contribution is 2.08. The molecule has 1 aliphatic heterocycles. The predicted octanol–water partition coefficient (Wildman–Crippen LogP) is 2.57. The summed E-state index contributed by atoms with van der Waals surface area (Å²) in [5, 5.41) is 2.71. The van der Waals surface area contributed by atoms with E-state index < -0.39 is 0 Å². The zero-order valence-electron chi connectivity index (χ0n) is 15.3. The van der Waals surface area contributed by atoms with E-state index in [1.165, 1.54) is 6.08 Å². The van der Waals surface area contributed by atoms with E-state index in [9.17, 15) is 14.4 Å². The van der Waals surface area contributed by atoms with Gasteiger partial charge in [-0.15, -0.1) is 0 Å². The molecule has 0 aromatic rings. The van der Waals surface area contributed by atoms with Gasteiger partial charge in [0.2, 0.25) is 11.8 Å². The fourth-order valence-corrected chi connectivity index (χ4v) is 1.48. The molecule has 0 bridgehead atoms. The monoisotopic (exact) mass is 338 g/mol. The summed E-state index contributed by atoms with van der Waals surface area (Å²) in [6.45, 7) is 18.8. The predicted molar refractivity (Wildman–Crippen MR) is 96.1 cm³/mol. The molecule has 1 saturated heterocycles. The summed E-state index contributed by atoms with van der Waals surface area (Å²) in [6, 6.07) is 0. The number of carbonyl (C=O) groups excluding carboxylic acids is 3. The highest BCUT2D eigenvalue weighted by atomic mass is 16.5. The van der Waals surface area contributed by atoms with Crippen LogP contribution in [0, 0.1) is 0 Å². The number of hydrogen-bond donors (Lipinski definition) is 1. The van der Waals surface area contributed by atoms with Gasteiger partial charge in [0, 0.05) is 24.6 Å². The number of esters is 1. The Hall–Kier alpha value is -2.37. The Morgan fingerprint density at radius 2 is 1.83 bits per heavy atom. The van der Waals surface area contributed by atoms with Gasteiger partial charge in [0.15, 0.2) is 0 Å². The van der Waals surface area contributed by atoms with Crippen LogP contribution in [0.4, 0.5) is 0 Å². The lowest BCUT2D eigenvalue weighted by Crippen LogP contribution is -2.39. The molecule has 24 heavy (non-hydrogen) atoms. The van der Waals surface area contributed by atoms with Gasteiger partial charge in [0.05, 0.1) is 6.61 Å². The highest BCUT2D eigenvalue weighted by Gasteiger charge is 2.16. The number of nitrogens with zero attached hydrogens (tertiary/aromatic N) is 1. The van der Waals surface area contributed by atoms with Gasteiger partial charge in [0.1, 0.15) is 0 Å². The van der Waals surface area contributed by atoms with E-state index in [2.05, 4.69) is 29.8 Å². The lowest BCUT2D eigenvalue weighted by atomic mass is 10.1. The molecule has 0 spiro atoms. The molecule has 0 saturated carbocycles. The topological polar surface area (TPSA) is 75.7 Å². The fourth-order valence-electron chi connectivity index (χ4n) is 1.48. The molecule has 6 heteroatoms. The Labute approximate surface area is 145 Å². The molecule has 0 unspecified atom stereocenters. The Morgan fingerprint density at radius 3 is 2.00 bits per heavy atom. The minimum Gasteiger partial charge on any atom is -0.463 e.